The number of carboxylic acid groups (broad SMARTS) is 1. The molecule has 0 spiro atoms. The highest BCUT2D eigenvalue weighted by Gasteiger charge is 2.15. The minimum Gasteiger partial charge on any atom is -0.505 e. The maximum absolute atomic E-state index is 10.9. The van der Waals surface area contributed by atoms with Gasteiger partial charge in [0.05, 0.1) is 11.7 Å². The van der Waals surface area contributed by atoms with Crippen molar-refractivity contribution in [3.8, 4) is 5.75 Å². The predicted molar refractivity (Wildman–Crippen MR) is 58.1 cm³/mol. The van der Waals surface area contributed by atoms with E-state index in [-0.39, 0.29) is 11.3 Å². The second kappa shape index (κ2) is 3.51. The molecule has 4 nitrogen and oxygen atoms in total. The molecular formula is C10H6BrNO3. The van der Waals surface area contributed by atoms with Crippen LogP contribution in [0, 0.1) is 0 Å². The van der Waals surface area contributed by atoms with E-state index in [0.29, 0.717) is 15.4 Å². The van der Waals surface area contributed by atoms with Crippen LogP contribution in [0.5, 0.6) is 5.75 Å². The van der Waals surface area contributed by atoms with Gasteiger partial charge in [-0.15, -0.1) is 0 Å². The molecule has 0 aliphatic carbocycles. The Labute approximate surface area is 93.3 Å². The molecule has 0 radical (unpaired) electrons. The quantitative estimate of drug-likeness (QED) is 0.833. The smallest absolute Gasteiger partial charge is 0.340 e. The molecule has 0 aliphatic rings. The average Bonchev–Trinajstić information content (AvgIpc) is 2.17. The Balaban J connectivity index is 2.94. The summed E-state index contributed by atoms with van der Waals surface area (Å²) >= 11 is 3.27. The van der Waals surface area contributed by atoms with Crippen molar-refractivity contribution in [2.75, 3.05) is 0 Å². The van der Waals surface area contributed by atoms with Crippen LogP contribution in [0.1, 0.15) is 10.4 Å². The van der Waals surface area contributed by atoms with Crippen LogP contribution < -0.4 is 0 Å². The summed E-state index contributed by atoms with van der Waals surface area (Å²) in [7, 11) is 0. The first-order valence-electron chi connectivity index (χ1n) is 4.10. The Morgan fingerprint density at radius 3 is 2.80 bits per heavy atom. The number of para-hydroxylation sites is 1. The zero-order chi connectivity index (χ0) is 11.0. The van der Waals surface area contributed by atoms with Gasteiger partial charge in [0.2, 0.25) is 0 Å². The third-order valence-corrected chi connectivity index (χ3v) is 2.68. The summed E-state index contributed by atoms with van der Waals surface area (Å²) < 4.78 is 0.697. The molecule has 2 rings (SSSR count). The molecule has 0 amide bonds. The van der Waals surface area contributed by atoms with Crippen molar-refractivity contribution in [2.24, 2.45) is 0 Å². The third kappa shape index (κ3) is 1.55. The van der Waals surface area contributed by atoms with Gasteiger partial charge in [-0.25, -0.2) is 4.79 Å². The molecule has 1 aromatic heterocycles. The minimum absolute atomic E-state index is 0.124. The molecule has 0 fully saturated rings. The molecule has 0 atom stereocenters. The van der Waals surface area contributed by atoms with Crippen LogP contribution in [0.3, 0.4) is 0 Å². The maximum Gasteiger partial charge on any atom is 0.340 e. The second-order valence-electron chi connectivity index (χ2n) is 2.96. The van der Waals surface area contributed by atoms with E-state index < -0.39 is 5.97 Å². The fourth-order valence-corrected chi connectivity index (χ4v) is 1.87. The summed E-state index contributed by atoms with van der Waals surface area (Å²) in [6, 6.07) is 5.06. The molecule has 0 aliphatic heterocycles. The van der Waals surface area contributed by atoms with Crippen LogP contribution in [0.2, 0.25) is 0 Å². The zero-order valence-electron chi connectivity index (χ0n) is 7.44. The van der Waals surface area contributed by atoms with Gasteiger partial charge in [-0.2, -0.15) is 0 Å². The van der Waals surface area contributed by atoms with E-state index in [2.05, 4.69) is 20.9 Å². The molecule has 76 valence electrons. The van der Waals surface area contributed by atoms with Crippen LogP contribution in [-0.4, -0.2) is 21.2 Å². The fourth-order valence-electron chi connectivity index (χ4n) is 1.40. The first kappa shape index (κ1) is 9.92. The molecule has 0 saturated heterocycles. The molecule has 1 aromatic carbocycles. The maximum atomic E-state index is 10.9. The SMILES string of the molecule is O=C(O)c1c(O)cnc2c(Br)cccc12. The number of hydrogen-bond acceptors (Lipinski definition) is 3. The molecule has 1 heterocycles. The standard InChI is InChI=1S/C10H6BrNO3/c11-6-3-1-2-5-8(10(14)15)7(13)4-12-9(5)6/h1-4,13H,(H,14,15). The van der Waals surface area contributed by atoms with Gasteiger partial charge in [0, 0.05) is 9.86 Å². The summed E-state index contributed by atoms with van der Waals surface area (Å²) in [6.07, 6.45) is 1.14. The number of rotatable bonds is 1. The predicted octanol–water partition coefficient (Wildman–Crippen LogP) is 2.40. The van der Waals surface area contributed by atoms with E-state index in [4.69, 9.17) is 5.11 Å². The lowest BCUT2D eigenvalue weighted by Gasteiger charge is -2.05. The van der Waals surface area contributed by atoms with E-state index in [1.54, 1.807) is 18.2 Å². The van der Waals surface area contributed by atoms with Gasteiger partial charge in [-0.1, -0.05) is 12.1 Å². The van der Waals surface area contributed by atoms with Gasteiger partial charge in [0.1, 0.15) is 11.3 Å². The third-order valence-electron chi connectivity index (χ3n) is 2.04. The number of nitrogens with zero attached hydrogens (tertiary/aromatic N) is 1. The molecule has 0 unspecified atom stereocenters. The lowest BCUT2D eigenvalue weighted by atomic mass is 10.1. The molecule has 15 heavy (non-hydrogen) atoms. The zero-order valence-corrected chi connectivity index (χ0v) is 9.02. The normalized spacial score (nSPS) is 10.5. The van der Waals surface area contributed by atoms with Crippen molar-refractivity contribution >= 4 is 32.8 Å². The lowest BCUT2D eigenvalue weighted by molar-refractivity contribution is 0.0696. The second-order valence-corrected chi connectivity index (χ2v) is 3.81. The number of fused-ring (bicyclic) bond motifs is 1. The highest BCUT2D eigenvalue weighted by atomic mass is 79.9. The van der Waals surface area contributed by atoms with Crippen LogP contribution in [0.25, 0.3) is 10.9 Å². The van der Waals surface area contributed by atoms with Crippen molar-refractivity contribution < 1.29 is 15.0 Å². The number of hydrogen-bond donors (Lipinski definition) is 2. The number of benzene rings is 1. The molecule has 0 saturated carbocycles. The van der Waals surface area contributed by atoms with Gasteiger partial charge >= 0.3 is 5.97 Å². The highest BCUT2D eigenvalue weighted by Crippen LogP contribution is 2.29. The van der Waals surface area contributed by atoms with E-state index in [1.165, 1.54) is 0 Å². The van der Waals surface area contributed by atoms with Crippen molar-refractivity contribution in [3.63, 3.8) is 0 Å². The Kier molecular flexibility index (Phi) is 2.32. The molecule has 5 heteroatoms. The first-order valence-corrected chi connectivity index (χ1v) is 4.90. The first-order chi connectivity index (χ1) is 7.11. The average molecular weight is 268 g/mol. The van der Waals surface area contributed by atoms with Gasteiger partial charge in [-0.05, 0) is 22.0 Å². The number of aromatic carboxylic acids is 1. The number of pyridine rings is 1. The minimum atomic E-state index is -1.17. The monoisotopic (exact) mass is 267 g/mol. The molecular weight excluding hydrogens is 262 g/mol. The topological polar surface area (TPSA) is 70.4 Å². The summed E-state index contributed by atoms with van der Waals surface area (Å²) in [5, 5.41) is 18.8. The Morgan fingerprint density at radius 2 is 2.13 bits per heavy atom. The van der Waals surface area contributed by atoms with Crippen molar-refractivity contribution in [1.29, 1.82) is 0 Å². The van der Waals surface area contributed by atoms with Crippen LogP contribution in [0.4, 0.5) is 0 Å². The van der Waals surface area contributed by atoms with Crippen molar-refractivity contribution in [3.05, 3.63) is 34.4 Å². The van der Waals surface area contributed by atoms with Crippen LogP contribution in [0.15, 0.2) is 28.9 Å². The molecule has 2 N–H and O–H groups in total. The Hall–Kier alpha value is -1.62. The lowest BCUT2D eigenvalue weighted by Crippen LogP contribution is -1.99. The van der Waals surface area contributed by atoms with Gasteiger partial charge in [-0.3, -0.25) is 4.98 Å². The summed E-state index contributed by atoms with van der Waals surface area (Å²) in [6.45, 7) is 0. The van der Waals surface area contributed by atoms with Gasteiger partial charge in [0.25, 0.3) is 0 Å². The van der Waals surface area contributed by atoms with E-state index in [9.17, 15) is 9.90 Å². The van der Waals surface area contributed by atoms with E-state index >= 15 is 0 Å². The number of carboxylic acids is 1. The highest BCUT2D eigenvalue weighted by molar-refractivity contribution is 9.10. The molecule has 0 bridgehead atoms. The fraction of sp³-hybridized carbons (Fsp3) is 0. The van der Waals surface area contributed by atoms with E-state index in [0.717, 1.165) is 6.20 Å². The number of halogens is 1. The van der Waals surface area contributed by atoms with Crippen LogP contribution in [-0.2, 0) is 0 Å². The van der Waals surface area contributed by atoms with Crippen LogP contribution >= 0.6 is 15.9 Å². The Morgan fingerprint density at radius 1 is 1.40 bits per heavy atom. The molecule has 2 aromatic rings. The summed E-state index contributed by atoms with van der Waals surface area (Å²) in [5.41, 5.74) is 0.397. The Bertz CT molecular complexity index is 554. The van der Waals surface area contributed by atoms with Crippen molar-refractivity contribution in [2.45, 2.75) is 0 Å². The number of carbonyl (C=O) groups is 1. The van der Waals surface area contributed by atoms with Gasteiger partial charge < -0.3 is 10.2 Å². The number of aromatic hydroxyl groups is 1. The van der Waals surface area contributed by atoms with Gasteiger partial charge in [0.15, 0.2) is 0 Å². The van der Waals surface area contributed by atoms with Crippen molar-refractivity contribution in [1.82, 2.24) is 4.98 Å². The largest absolute Gasteiger partial charge is 0.505 e. The number of aromatic nitrogens is 1. The summed E-state index contributed by atoms with van der Waals surface area (Å²) in [5.74, 6) is -1.49. The summed E-state index contributed by atoms with van der Waals surface area (Å²) in [4.78, 5) is 14.9. The van der Waals surface area contributed by atoms with E-state index in [1.807, 2.05) is 0 Å².